The fourth-order valence-corrected chi connectivity index (χ4v) is 6.45. The lowest BCUT2D eigenvalue weighted by atomic mass is 9.87. The monoisotopic (exact) mass is 666 g/mol. The maximum absolute atomic E-state index is 12.1. The second-order valence-corrected chi connectivity index (χ2v) is 13.0. The van der Waals surface area contributed by atoms with Gasteiger partial charge in [0.05, 0.1) is 25.4 Å². The summed E-state index contributed by atoms with van der Waals surface area (Å²) in [6, 6.07) is 17.4. The standard InChI is InChI=1S/2C18H23NO5/c2*1-22-16(20)15(14-7-10-24-18(11-14)8-9-18)19-17(21)23-12-13-5-3-2-4-6-13/h2*2-6,14-15H,7-12H2,1H3,(H,19,21)/t14-,15+;14-,15-/m10/s1. The highest BCUT2D eigenvalue weighted by Crippen LogP contribution is 2.49. The number of rotatable bonds is 10. The van der Waals surface area contributed by atoms with Crippen molar-refractivity contribution in [3.05, 3.63) is 71.8 Å². The van der Waals surface area contributed by atoms with Crippen LogP contribution in [0.3, 0.4) is 0 Å². The number of esters is 2. The molecule has 2 saturated heterocycles. The molecule has 48 heavy (non-hydrogen) atoms. The van der Waals surface area contributed by atoms with Crippen LogP contribution >= 0.6 is 0 Å². The Bertz CT molecular complexity index is 1270. The number of alkyl carbamates (subject to hydrolysis) is 2. The lowest BCUT2D eigenvalue weighted by Gasteiger charge is -2.33. The second kappa shape index (κ2) is 16.3. The molecule has 2 aromatic carbocycles. The van der Waals surface area contributed by atoms with Crippen molar-refractivity contribution in [2.45, 2.75) is 87.9 Å². The molecule has 2 saturated carbocycles. The molecule has 4 fully saturated rings. The van der Waals surface area contributed by atoms with Crippen LogP contribution in [0.4, 0.5) is 9.59 Å². The van der Waals surface area contributed by atoms with Gasteiger partial charge in [0.25, 0.3) is 0 Å². The Labute approximate surface area is 281 Å². The molecule has 12 nitrogen and oxygen atoms in total. The highest BCUT2D eigenvalue weighted by Gasteiger charge is 2.51. The van der Waals surface area contributed by atoms with Crippen molar-refractivity contribution in [3.63, 3.8) is 0 Å². The minimum absolute atomic E-state index is 0.0120. The Balaban J connectivity index is 0.000000188. The minimum Gasteiger partial charge on any atom is -0.467 e. The molecule has 2 heterocycles. The van der Waals surface area contributed by atoms with Gasteiger partial charge in [-0.2, -0.15) is 0 Å². The van der Waals surface area contributed by atoms with Gasteiger partial charge in [0.2, 0.25) is 0 Å². The van der Waals surface area contributed by atoms with Crippen molar-refractivity contribution in [1.82, 2.24) is 10.6 Å². The van der Waals surface area contributed by atoms with Crippen molar-refractivity contribution in [2.75, 3.05) is 27.4 Å². The van der Waals surface area contributed by atoms with Crippen LogP contribution in [0.15, 0.2) is 60.7 Å². The summed E-state index contributed by atoms with van der Waals surface area (Å²) in [4.78, 5) is 48.4. The molecule has 2 amide bonds. The number of ether oxygens (including phenoxy) is 6. The third kappa shape index (κ3) is 9.93. The van der Waals surface area contributed by atoms with Gasteiger partial charge in [-0.25, -0.2) is 19.2 Å². The van der Waals surface area contributed by atoms with Gasteiger partial charge >= 0.3 is 24.1 Å². The van der Waals surface area contributed by atoms with E-state index in [4.69, 9.17) is 28.4 Å². The average molecular weight is 667 g/mol. The number of amides is 2. The number of benzene rings is 2. The molecule has 2 aliphatic heterocycles. The molecule has 260 valence electrons. The largest absolute Gasteiger partial charge is 0.467 e. The van der Waals surface area contributed by atoms with E-state index in [-0.39, 0.29) is 36.3 Å². The number of methoxy groups -OCH3 is 2. The molecule has 0 bridgehead atoms. The van der Waals surface area contributed by atoms with Crippen LogP contribution in [-0.2, 0) is 51.2 Å². The summed E-state index contributed by atoms with van der Waals surface area (Å²) in [5.41, 5.74) is 1.63. The van der Waals surface area contributed by atoms with Gasteiger partial charge in [0, 0.05) is 13.2 Å². The molecule has 2 N–H and O–H groups in total. The molecule has 2 aromatic rings. The number of hydrogen-bond acceptors (Lipinski definition) is 10. The summed E-state index contributed by atoms with van der Waals surface area (Å²) in [6.45, 7) is 1.55. The summed E-state index contributed by atoms with van der Waals surface area (Å²) >= 11 is 0. The predicted octanol–water partition coefficient (Wildman–Crippen LogP) is 4.83. The molecule has 0 radical (unpaired) electrons. The van der Waals surface area contributed by atoms with Crippen molar-refractivity contribution >= 4 is 24.1 Å². The smallest absolute Gasteiger partial charge is 0.408 e. The first-order chi connectivity index (χ1) is 23.2. The van der Waals surface area contributed by atoms with E-state index in [9.17, 15) is 19.2 Å². The van der Waals surface area contributed by atoms with E-state index < -0.39 is 36.2 Å². The number of nitrogens with one attached hydrogen (secondary N) is 2. The zero-order valence-corrected chi connectivity index (χ0v) is 27.7. The van der Waals surface area contributed by atoms with Crippen molar-refractivity contribution < 1.29 is 47.6 Å². The Morgan fingerprint density at radius 3 is 1.38 bits per heavy atom. The van der Waals surface area contributed by atoms with Crippen LogP contribution in [0.2, 0.25) is 0 Å². The molecule has 12 heteroatoms. The Morgan fingerprint density at radius 1 is 0.667 bits per heavy atom. The highest BCUT2D eigenvalue weighted by molar-refractivity contribution is 5.82. The Hall–Kier alpha value is -4.16. The van der Waals surface area contributed by atoms with Crippen LogP contribution in [-0.4, -0.2) is 74.8 Å². The Kier molecular flexibility index (Phi) is 11.9. The quantitative estimate of drug-likeness (QED) is 0.267. The van der Waals surface area contributed by atoms with Crippen molar-refractivity contribution in [2.24, 2.45) is 11.8 Å². The molecule has 4 atom stereocenters. The summed E-state index contributed by atoms with van der Waals surface area (Å²) in [5.74, 6) is -0.848. The molecule has 2 aliphatic carbocycles. The van der Waals surface area contributed by atoms with E-state index in [1.54, 1.807) is 0 Å². The summed E-state index contributed by atoms with van der Waals surface area (Å²) in [5, 5.41) is 5.36. The zero-order chi connectivity index (χ0) is 34.0. The SMILES string of the molecule is COC(=O)[C@@H](NC(=O)OCc1ccccc1)[C@@H]1CCOC2(CC2)C1.COC(=O)[C@@H](NC(=O)OCc1ccccc1)[C@H]1CCOC2(CC2)C1. The summed E-state index contributed by atoms with van der Waals surface area (Å²) in [7, 11) is 2.66. The van der Waals surface area contributed by atoms with E-state index in [0.29, 0.717) is 13.2 Å². The van der Waals surface area contributed by atoms with E-state index in [1.165, 1.54) is 14.2 Å². The van der Waals surface area contributed by atoms with E-state index >= 15 is 0 Å². The van der Waals surface area contributed by atoms with Crippen LogP contribution in [0.5, 0.6) is 0 Å². The van der Waals surface area contributed by atoms with E-state index in [1.807, 2.05) is 60.7 Å². The molecular formula is C36H46N2O10. The maximum atomic E-state index is 12.1. The number of hydrogen-bond donors (Lipinski definition) is 2. The lowest BCUT2D eigenvalue weighted by molar-refractivity contribution is -0.147. The van der Waals surface area contributed by atoms with Crippen molar-refractivity contribution in [1.29, 1.82) is 0 Å². The van der Waals surface area contributed by atoms with Gasteiger partial charge in [0.15, 0.2) is 0 Å². The fourth-order valence-electron chi connectivity index (χ4n) is 6.45. The maximum Gasteiger partial charge on any atom is 0.408 e. The normalized spacial score (nSPS) is 22.5. The van der Waals surface area contributed by atoms with Gasteiger partial charge in [0.1, 0.15) is 25.3 Å². The third-order valence-electron chi connectivity index (χ3n) is 9.50. The fraction of sp³-hybridized carbons (Fsp3) is 0.556. The number of carbonyl (C=O) groups is 4. The first-order valence-corrected chi connectivity index (χ1v) is 16.6. The van der Waals surface area contributed by atoms with Crippen LogP contribution < -0.4 is 10.6 Å². The summed E-state index contributed by atoms with van der Waals surface area (Å²) in [6.07, 6.45) is 5.87. The summed E-state index contributed by atoms with van der Waals surface area (Å²) < 4.78 is 31.7. The van der Waals surface area contributed by atoms with E-state index in [0.717, 1.165) is 62.5 Å². The van der Waals surface area contributed by atoms with Crippen LogP contribution in [0.25, 0.3) is 0 Å². The van der Waals surface area contributed by atoms with E-state index in [2.05, 4.69) is 10.6 Å². The predicted molar refractivity (Wildman–Crippen MR) is 172 cm³/mol. The first-order valence-electron chi connectivity index (χ1n) is 16.6. The molecule has 6 rings (SSSR count). The second-order valence-electron chi connectivity index (χ2n) is 13.0. The highest BCUT2D eigenvalue weighted by atomic mass is 16.6. The molecule has 0 unspecified atom stereocenters. The van der Waals surface area contributed by atoms with Crippen LogP contribution in [0, 0.1) is 11.8 Å². The topological polar surface area (TPSA) is 148 Å². The van der Waals surface area contributed by atoms with Gasteiger partial charge < -0.3 is 39.1 Å². The molecular weight excluding hydrogens is 620 g/mol. The average Bonchev–Trinajstić information content (AvgIpc) is 4.06. The van der Waals surface area contributed by atoms with Gasteiger partial charge in [-0.1, -0.05) is 60.7 Å². The van der Waals surface area contributed by atoms with Gasteiger partial charge in [-0.05, 0) is 74.3 Å². The molecule has 2 spiro atoms. The number of carbonyl (C=O) groups excluding carboxylic acids is 4. The molecule has 4 aliphatic rings. The molecule has 0 aromatic heterocycles. The third-order valence-corrected chi connectivity index (χ3v) is 9.50. The Morgan fingerprint density at radius 2 is 1.04 bits per heavy atom. The minimum atomic E-state index is -0.695. The first kappa shape index (κ1) is 35.2. The lowest BCUT2D eigenvalue weighted by Crippen LogP contribution is -2.49. The zero-order valence-electron chi connectivity index (χ0n) is 27.7. The van der Waals surface area contributed by atoms with Gasteiger partial charge in [-0.15, -0.1) is 0 Å². The van der Waals surface area contributed by atoms with Crippen molar-refractivity contribution in [3.8, 4) is 0 Å². The van der Waals surface area contributed by atoms with Crippen LogP contribution in [0.1, 0.15) is 62.5 Å². The van der Waals surface area contributed by atoms with Gasteiger partial charge in [-0.3, -0.25) is 0 Å².